The van der Waals surface area contributed by atoms with Gasteiger partial charge < -0.3 is 16.0 Å². The van der Waals surface area contributed by atoms with Gasteiger partial charge >= 0.3 is 0 Å². The summed E-state index contributed by atoms with van der Waals surface area (Å²) in [5, 5.41) is 3.13. The summed E-state index contributed by atoms with van der Waals surface area (Å²) in [5.74, 6) is 0.524. The maximum atomic E-state index is 12.2. The van der Waals surface area contributed by atoms with Gasteiger partial charge in [-0.1, -0.05) is 19.1 Å². The van der Waals surface area contributed by atoms with E-state index in [1.165, 1.54) is 0 Å². The highest BCUT2D eigenvalue weighted by molar-refractivity contribution is 5.94. The number of hydrogen-bond donors (Lipinski definition) is 2. The Morgan fingerprint density at radius 1 is 1.23 bits per heavy atom. The Hall–Kier alpha value is -2.04. The van der Waals surface area contributed by atoms with Crippen molar-refractivity contribution >= 4 is 11.9 Å². The zero-order valence-corrected chi connectivity index (χ0v) is 14.1. The number of nitrogens with one attached hydrogen (secondary N) is 1. The number of carbonyl (C=O) groups excluding carboxylic acids is 1. The van der Waals surface area contributed by atoms with Crippen molar-refractivity contribution in [3.8, 4) is 0 Å². The van der Waals surface area contributed by atoms with Crippen LogP contribution in [0.3, 0.4) is 0 Å². The molecule has 0 saturated heterocycles. The van der Waals surface area contributed by atoms with Crippen molar-refractivity contribution in [2.45, 2.75) is 46.7 Å². The van der Waals surface area contributed by atoms with Gasteiger partial charge in [0.1, 0.15) is 0 Å². The molecule has 1 rings (SSSR count). The standard InChI is InChI=1S/C17H28N4O/c1-5-13(4)20-17(18)19-12-14-8-10-15(11-9-14)16(22)21(6-2)7-3/h8-11,13H,5-7,12H2,1-4H3,(H3,18,19,20). The highest BCUT2D eigenvalue weighted by Gasteiger charge is 2.11. The van der Waals surface area contributed by atoms with E-state index >= 15 is 0 Å². The van der Waals surface area contributed by atoms with Gasteiger partial charge in [-0.05, 0) is 44.9 Å². The fourth-order valence-electron chi connectivity index (χ4n) is 2.02. The summed E-state index contributed by atoms with van der Waals surface area (Å²) in [6.07, 6.45) is 0.998. The van der Waals surface area contributed by atoms with Crippen molar-refractivity contribution < 1.29 is 4.79 Å². The Balaban J connectivity index is 2.65. The third kappa shape index (κ3) is 5.39. The number of nitrogens with two attached hydrogens (primary N) is 1. The van der Waals surface area contributed by atoms with Gasteiger partial charge in [-0.3, -0.25) is 4.79 Å². The van der Waals surface area contributed by atoms with Gasteiger partial charge in [-0.25, -0.2) is 4.99 Å². The molecule has 0 aliphatic rings. The van der Waals surface area contributed by atoms with Crippen LogP contribution >= 0.6 is 0 Å². The molecule has 1 aromatic rings. The van der Waals surface area contributed by atoms with E-state index in [1.54, 1.807) is 4.90 Å². The van der Waals surface area contributed by atoms with Crippen LogP contribution in [-0.4, -0.2) is 35.9 Å². The van der Waals surface area contributed by atoms with Crippen molar-refractivity contribution in [3.63, 3.8) is 0 Å². The lowest BCUT2D eigenvalue weighted by molar-refractivity contribution is 0.0773. The summed E-state index contributed by atoms with van der Waals surface area (Å²) in [6.45, 7) is 10.1. The summed E-state index contributed by atoms with van der Waals surface area (Å²) in [6, 6.07) is 7.87. The number of rotatable bonds is 7. The number of guanidine groups is 1. The smallest absolute Gasteiger partial charge is 0.253 e. The molecule has 0 aromatic heterocycles. The lowest BCUT2D eigenvalue weighted by Crippen LogP contribution is -2.38. The zero-order chi connectivity index (χ0) is 16.5. The minimum absolute atomic E-state index is 0.0676. The molecule has 1 amide bonds. The number of benzene rings is 1. The summed E-state index contributed by atoms with van der Waals surface area (Å²) >= 11 is 0. The van der Waals surface area contributed by atoms with E-state index < -0.39 is 0 Å². The maximum absolute atomic E-state index is 12.2. The highest BCUT2D eigenvalue weighted by atomic mass is 16.2. The van der Waals surface area contributed by atoms with Crippen LogP contribution in [0.5, 0.6) is 0 Å². The fourth-order valence-corrected chi connectivity index (χ4v) is 2.02. The molecule has 3 N–H and O–H groups in total. The van der Waals surface area contributed by atoms with E-state index in [0.29, 0.717) is 24.1 Å². The Morgan fingerprint density at radius 2 is 1.82 bits per heavy atom. The van der Waals surface area contributed by atoms with Crippen LogP contribution in [0, 0.1) is 0 Å². The molecule has 5 heteroatoms. The molecule has 22 heavy (non-hydrogen) atoms. The second-order valence-electron chi connectivity index (χ2n) is 5.33. The predicted molar refractivity (Wildman–Crippen MR) is 91.9 cm³/mol. The number of carbonyl (C=O) groups is 1. The molecular formula is C17H28N4O. The van der Waals surface area contributed by atoms with Crippen LogP contribution in [0.2, 0.25) is 0 Å². The Bertz CT molecular complexity index is 492. The zero-order valence-electron chi connectivity index (χ0n) is 14.1. The molecule has 1 aromatic carbocycles. The van der Waals surface area contributed by atoms with Gasteiger partial charge in [0.05, 0.1) is 6.54 Å². The van der Waals surface area contributed by atoms with E-state index in [-0.39, 0.29) is 5.91 Å². The average molecular weight is 304 g/mol. The number of aliphatic imine (C=N–C) groups is 1. The van der Waals surface area contributed by atoms with Crippen LogP contribution in [0.4, 0.5) is 0 Å². The Labute approximate surface area is 133 Å². The lowest BCUT2D eigenvalue weighted by atomic mass is 10.1. The summed E-state index contributed by atoms with van der Waals surface area (Å²) in [4.78, 5) is 18.3. The van der Waals surface area contributed by atoms with E-state index in [1.807, 2.05) is 38.1 Å². The highest BCUT2D eigenvalue weighted by Crippen LogP contribution is 2.09. The number of amides is 1. The third-order valence-corrected chi connectivity index (χ3v) is 3.69. The normalized spacial score (nSPS) is 12.8. The van der Waals surface area contributed by atoms with Crippen LogP contribution in [-0.2, 0) is 6.54 Å². The molecular weight excluding hydrogens is 276 g/mol. The molecule has 0 aliphatic heterocycles. The second-order valence-corrected chi connectivity index (χ2v) is 5.33. The van der Waals surface area contributed by atoms with Crippen molar-refractivity contribution in [1.82, 2.24) is 10.2 Å². The SMILES string of the molecule is CCC(C)NC(N)=NCc1ccc(C(=O)N(CC)CC)cc1. The minimum atomic E-state index is 0.0676. The number of hydrogen-bond acceptors (Lipinski definition) is 2. The molecule has 0 bridgehead atoms. The molecule has 0 radical (unpaired) electrons. The molecule has 0 saturated carbocycles. The van der Waals surface area contributed by atoms with Crippen LogP contribution in [0.1, 0.15) is 50.0 Å². The molecule has 0 heterocycles. The van der Waals surface area contributed by atoms with Crippen LogP contribution in [0.25, 0.3) is 0 Å². The van der Waals surface area contributed by atoms with Crippen LogP contribution in [0.15, 0.2) is 29.3 Å². The molecule has 1 atom stereocenters. The van der Waals surface area contributed by atoms with Gasteiger partial charge in [0, 0.05) is 24.7 Å². The van der Waals surface area contributed by atoms with Gasteiger partial charge in [0.2, 0.25) is 0 Å². The van der Waals surface area contributed by atoms with Crippen molar-refractivity contribution in [2.75, 3.05) is 13.1 Å². The predicted octanol–water partition coefficient (Wildman–Crippen LogP) is 2.37. The first kappa shape index (κ1) is 18.0. The first-order valence-corrected chi connectivity index (χ1v) is 7.96. The second kappa shape index (κ2) is 9.07. The van der Waals surface area contributed by atoms with Gasteiger partial charge in [-0.15, -0.1) is 0 Å². The molecule has 1 unspecified atom stereocenters. The molecule has 5 nitrogen and oxygen atoms in total. The van der Waals surface area contributed by atoms with Crippen molar-refractivity contribution in [2.24, 2.45) is 10.7 Å². The Kier molecular flexibility index (Phi) is 7.43. The molecule has 0 aliphatic carbocycles. The maximum Gasteiger partial charge on any atom is 0.253 e. The monoisotopic (exact) mass is 304 g/mol. The first-order valence-electron chi connectivity index (χ1n) is 7.96. The molecule has 122 valence electrons. The van der Waals surface area contributed by atoms with Gasteiger partial charge in [-0.2, -0.15) is 0 Å². The topological polar surface area (TPSA) is 70.7 Å². The van der Waals surface area contributed by atoms with Crippen molar-refractivity contribution in [1.29, 1.82) is 0 Å². The van der Waals surface area contributed by atoms with Crippen LogP contribution < -0.4 is 11.1 Å². The first-order chi connectivity index (χ1) is 10.5. The molecule has 0 fully saturated rings. The van der Waals surface area contributed by atoms with E-state index in [9.17, 15) is 4.79 Å². The fraction of sp³-hybridized carbons (Fsp3) is 0.529. The summed E-state index contributed by atoms with van der Waals surface area (Å²) < 4.78 is 0. The van der Waals surface area contributed by atoms with Gasteiger partial charge in [0.25, 0.3) is 5.91 Å². The summed E-state index contributed by atoms with van der Waals surface area (Å²) in [5.41, 5.74) is 7.57. The summed E-state index contributed by atoms with van der Waals surface area (Å²) in [7, 11) is 0. The van der Waals surface area contributed by atoms with Gasteiger partial charge in [0.15, 0.2) is 5.96 Å². The van der Waals surface area contributed by atoms with E-state index in [2.05, 4.69) is 24.2 Å². The van der Waals surface area contributed by atoms with E-state index in [4.69, 9.17) is 5.73 Å². The Morgan fingerprint density at radius 3 is 2.32 bits per heavy atom. The van der Waals surface area contributed by atoms with Crippen molar-refractivity contribution in [3.05, 3.63) is 35.4 Å². The lowest BCUT2D eigenvalue weighted by Gasteiger charge is -2.18. The molecule has 0 spiro atoms. The average Bonchev–Trinajstić information content (AvgIpc) is 2.54. The minimum Gasteiger partial charge on any atom is -0.370 e. The largest absolute Gasteiger partial charge is 0.370 e. The quantitative estimate of drug-likeness (QED) is 0.600. The van der Waals surface area contributed by atoms with E-state index in [0.717, 1.165) is 25.1 Å². The third-order valence-electron chi connectivity index (χ3n) is 3.69. The number of nitrogens with zero attached hydrogens (tertiary/aromatic N) is 2.